The lowest BCUT2D eigenvalue weighted by Gasteiger charge is -2.14. The summed E-state index contributed by atoms with van der Waals surface area (Å²) >= 11 is 0. The molecule has 0 aromatic heterocycles. The van der Waals surface area contributed by atoms with Crippen molar-refractivity contribution in [3.8, 4) is 0 Å². The second-order valence-corrected chi connectivity index (χ2v) is 5.97. The number of rotatable bonds is 8. The first-order valence-electron chi connectivity index (χ1n) is 6.25. The number of likely N-dealkylation sites (N-methyl/N-ethyl adjacent to an activating group) is 1. The van der Waals surface area contributed by atoms with Crippen LogP contribution in [0.5, 0.6) is 0 Å². The molecule has 1 aromatic carbocycles. The summed E-state index contributed by atoms with van der Waals surface area (Å²) in [5.74, 6) is 0. The maximum Gasteiger partial charge on any atom is 0.264 e. The maximum absolute atomic E-state index is 10.9. The van der Waals surface area contributed by atoms with Crippen molar-refractivity contribution in [1.82, 2.24) is 5.32 Å². The minimum absolute atomic E-state index is 0.118. The highest BCUT2D eigenvalue weighted by Crippen LogP contribution is 2.12. The fourth-order valence-corrected chi connectivity index (χ4v) is 2.21. The van der Waals surface area contributed by atoms with E-state index in [-0.39, 0.29) is 6.61 Å². The second kappa shape index (κ2) is 7.59. The smallest absolute Gasteiger partial charge is 0.264 e. The third kappa shape index (κ3) is 6.68. The van der Waals surface area contributed by atoms with E-state index in [0.29, 0.717) is 19.4 Å². The molecule has 1 rings (SSSR count). The van der Waals surface area contributed by atoms with Crippen molar-refractivity contribution in [2.24, 2.45) is 0 Å². The Balaban J connectivity index is 2.62. The molecule has 19 heavy (non-hydrogen) atoms. The number of nitrogens with one attached hydrogen (secondary N) is 1. The molecule has 108 valence electrons. The van der Waals surface area contributed by atoms with Crippen molar-refractivity contribution < 1.29 is 17.7 Å². The average Bonchev–Trinajstić information content (AvgIpc) is 2.30. The minimum atomic E-state index is -3.40. The summed E-state index contributed by atoms with van der Waals surface area (Å²) in [4.78, 5) is 0. The molecule has 0 fully saturated rings. The van der Waals surface area contributed by atoms with E-state index < -0.39 is 16.3 Å². The SMILES string of the molecule is CCNC(O)Cc1ccccc1CCOS(C)(=O)=O. The van der Waals surface area contributed by atoms with Gasteiger partial charge in [0, 0.05) is 6.42 Å². The number of benzene rings is 1. The Labute approximate surface area is 114 Å². The van der Waals surface area contributed by atoms with Gasteiger partial charge in [-0.25, -0.2) is 0 Å². The van der Waals surface area contributed by atoms with Crippen molar-refractivity contribution in [2.45, 2.75) is 26.0 Å². The van der Waals surface area contributed by atoms with Gasteiger partial charge in [0.2, 0.25) is 0 Å². The number of aliphatic hydroxyl groups excluding tert-OH is 1. The first-order chi connectivity index (χ1) is 8.92. The molecular weight excluding hydrogens is 266 g/mol. The van der Waals surface area contributed by atoms with E-state index in [9.17, 15) is 13.5 Å². The summed E-state index contributed by atoms with van der Waals surface area (Å²) in [6, 6.07) is 7.63. The average molecular weight is 287 g/mol. The predicted octanol–water partition coefficient (Wildman–Crippen LogP) is 0.676. The van der Waals surface area contributed by atoms with Crippen LogP contribution in [0.25, 0.3) is 0 Å². The molecule has 1 atom stereocenters. The van der Waals surface area contributed by atoms with Gasteiger partial charge < -0.3 is 5.11 Å². The lowest BCUT2D eigenvalue weighted by atomic mass is 10.0. The number of aliphatic hydroxyl groups is 1. The second-order valence-electron chi connectivity index (χ2n) is 4.32. The summed E-state index contributed by atoms with van der Waals surface area (Å²) in [7, 11) is -3.40. The van der Waals surface area contributed by atoms with E-state index >= 15 is 0 Å². The van der Waals surface area contributed by atoms with Gasteiger partial charge in [-0.2, -0.15) is 8.42 Å². The van der Waals surface area contributed by atoms with Crippen LogP contribution in [0.3, 0.4) is 0 Å². The van der Waals surface area contributed by atoms with Gasteiger partial charge in [0.05, 0.1) is 12.9 Å². The van der Waals surface area contributed by atoms with E-state index in [0.717, 1.165) is 17.4 Å². The van der Waals surface area contributed by atoms with Crippen LogP contribution in [0.4, 0.5) is 0 Å². The molecule has 0 heterocycles. The zero-order valence-electron chi connectivity index (χ0n) is 11.3. The molecule has 0 saturated carbocycles. The first-order valence-corrected chi connectivity index (χ1v) is 8.06. The molecule has 0 radical (unpaired) electrons. The zero-order chi connectivity index (χ0) is 14.3. The lowest BCUT2D eigenvalue weighted by molar-refractivity contribution is 0.139. The molecule has 2 N–H and O–H groups in total. The Kier molecular flexibility index (Phi) is 6.44. The Morgan fingerprint density at radius 2 is 1.95 bits per heavy atom. The van der Waals surface area contributed by atoms with Crippen molar-refractivity contribution in [3.63, 3.8) is 0 Å². The Hall–Kier alpha value is -0.950. The maximum atomic E-state index is 10.9. The molecule has 0 bridgehead atoms. The zero-order valence-corrected chi connectivity index (χ0v) is 12.1. The van der Waals surface area contributed by atoms with Gasteiger partial charge in [-0.05, 0) is 24.1 Å². The van der Waals surface area contributed by atoms with Crippen LogP contribution < -0.4 is 5.32 Å². The first kappa shape index (κ1) is 16.1. The topological polar surface area (TPSA) is 75.6 Å². The molecule has 6 heteroatoms. The van der Waals surface area contributed by atoms with E-state index in [2.05, 4.69) is 5.32 Å². The summed E-state index contributed by atoms with van der Waals surface area (Å²) in [6.07, 6.45) is 1.43. The minimum Gasteiger partial charge on any atom is -0.378 e. The Bertz CT molecular complexity index is 487. The summed E-state index contributed by atoms with van der Waals surface area (Å²) in [5.41, 5.74) is 1.98. The molecule has 0 aliphatic carbocycles. The van der Waals surface area contributed by atoms with Crippen molar-refractivity contribution in [2.75, 3.05) is 19.4 Å². The third-order valence-electron chi connectivity index (χ3n) is 2.64. The van der Waals surface area contributed by atoms with Gasteiger partial charge in [-0.3, -0.25) is 9.50 Å². The molecular formula is C13H21NO4S. The highest BCUT2D eigenvalue weighted by molar-refractivity contribution is 7.85. The lowest BCUT2D eigenvalue weighted by Crippen LogP contribution is -2.30. The van der Waals surface area contributed by atoms with Crippen LogP contribution in [0.2, 0.25) is 0 Å². The van der Waals surface area contributed by atoms with E-state index in [1.807, 2.05) is 31.2 Å². The van der Waals surface area contributed by atoms with Gasteiger partial charge in [0.15, 0.2) is 0 Å². The fourth-order valence-electron chi connectivity index (χ4n) is 1.82. The Morgan fingerprint density at radius 3 is 2.53 bits per heavy atom. The molecule has 0 saturated heterocycles. The van der Waals surface area contributed by atoms with Crippen molar-refractivity contribution >= 4 is 10.1 Å². The molecule has 0 spiro atoms. The Morgan fingerprint density at radius 1 is 1.32 bits per heavy atom. The van der Waals surface area contributed by atoms with E-state index in [4.69, 9.17) is 4.18 Å². The summed E-state index contributed by atoms with van der Waals surface area (Å²) in [5, 5.41) is 12.7. The van der Waals surface area contributed by atoms with Gasteiger partial charge >= 0.3 is 0 Å². The number of hydrogen-bond acceptors (Lipinski definition) is 5. The highest BCUT2D eigenvalue weighted by Gasteiger charge is 2.09. The molecule has 1 aromatic rings. The van der Waals surface area contributed by atoms with Gasteiger partial charge in [-0.1, -0.05) is 31.2 Å². The van der Waals surface area contributed by atoms with Crippen LogP contribution >= 0.6 is 0 Å². The predicted molar refractivity (Wildman–Crippen MR) is 74.3 cm³/mol. The quantitative estimate of drug-likeness (QED) is 0.543. The molecule has 0 amide bonds. The monoisotopic (exact) mass is 287 g/mol. The normalized spacial score (nSPS) is 13.4. The summed E-state index contributed by atoms with van der Waals surface area (Å²) < 4.78 is 26.5. The van der Waals surface area contributed by atoms with Crippen molar-refractivity contribution in [1.29, 1.82) is 0 Å². The van der Waals surface area contributed by atoms with Crippen LogP contribution in [-0.4, -0.2) is 39.2 Å². The van der Waals surface area contributed by atoms with Gasteiger partial charge in [0.1, 0.15) is 6.23 Å². The standard InChI is InChI=1S/C13H21NO4S/c1-3-14-13(15)10-12-7-5-4-6-11(12)8-9-18-19(2,16)17/h4-7,13-15H,3,8-10H2,1-2H3. The van der Waals surface area contributed by atoms with Crippen LogP contribution in [0.1, 0.15) is 18.1 Å². The molecule has 5 nitrogen and oxygen atoms in total. The van der Waals surface area contributed by atoms with Crippen LogP contribution in [-0.2, 0) is 27.1 Å². The van der Waals surface area contributed by atoms with Gasteiger partial charge in [0.25, 0.3) is 10.1 Å². The van der Waals surface area contributed by atoms with Crippen molar-refractivity contribution in [3.05, 3.63) is 35.4 Å². The molecule has 1 unspecified atom stereocenters. The van der Waals surface area contributed by atoms with E-state index in [1.165, 1.54) is 0 Å². The highest BCUT2D eigenvalue weighted by atomic mass is 32.2. The summed E-state index contributed by atoms with van der Waals surface area (Å²) in [6.45, 7) is 2.74. The molecule has 0 aliphatic rings. The largest absolute Gasteiger partial charge is 0.378 e. The van der Waals surface area contributed by atoms with Gasteiger partial charge in [-0.15, -0.1) is 0 Å². The van der Waals surface area contributed by atoms with Crippen LogP contribution in [0.15, 0.2) is 24.3 Å². The third-order valence-corrected chi connectivity index (χ3v) is 3.24. The molecule has 0 aliphatic heterocycles. The van der Waals surface area contributed by atoms with Crippen LogP contribution in [0, 0.1) is 0 Å². The number of hydrogen-bond donors (Lipinski definition) is 2. The van der Waals surface area contributed by atoms with E-state index in [1.54, 1.807) is 0 Å². The fraction of sp³-hybridized carbons (Fsp3) is 0.538.